The highest BCUT2D eigenvalue weighted by atomic mass is 16.6. The van der Waals surface area contributed by atoms with Gasteiger partial charge in [0.25, 0.3) is 0 Å². The van der Waals surface area contributed by atoms with E-state index >= 15 is 0 Å². The van der Waals surface area contributed by atoms with E-state index in [1.54, 1.807) is 0 Å². The van der Waals surface area contributed by atoms with Gasteiger partial charge >= 0.3 is 17.9 Å². The Morgan fingerprint density at radius 1 is 0.947 bits per heavy atom. The topological polar surface area (TPSA) is 119 Å². The number of hydrogen-bond acceptors (Lipinski definition) is 8. The van der Waals surface area contributed by atoms with Crippen LogP contribution in [0.3, 0.4) is 0 Å². The summed E-state index contributed by atoms with van der Waals surface area (Å²) in [5.41, 5.74) is 0. The second-order valence-corrected chi connectivity index (χ2v) is 3.84. The maximum Gasteiger partial charge on any atom is 0.334 e. The normalized spacial score (nSPS) is 15.0. The van der Waals surface area contributed by atoms with E-state index in [9.17, 15) is 14.4 Å². The van der Waals surface area contributed by atoms with Gasteiger partial charge in [0.1, 0.15) is 25.4 Å². The van der Waals surface area contributed by atoms with Crippen molar-refractivity contribution in [1.82, 2.24) is 0 Å². The van der Waals surface area contributed by atoms with Crippen molar-refractivity contribution in [1.29, 1.82) is 0 Å². The van der Waals surface area contributed by atoms with Gasteiger partial charge in [0, 0.05) is 6.92 Å². The Morgan fingerprint density at radius 2 is 1.32 bits per heavy atom. The zero-order valence-corrected chi connectivity index (χ0v) is 11.0. The smallest absolute Gasteiger partial charge is 0.334 e. The molecule has 8 heteroatoms. The van der Waals surface area contributed by atoms with Crippen molar-refractivity contribution >= 4 is 17.9 Å². The Labute approximate surface area is 110 Å². The fourth-order valence-electron chi connectivity index (χ4n) is 0.942. The number of esters is 3. The molecule has 0 aromatic rings. The maximum absolute atomic E-state index is 11.0. The highest BCUT2D eigenvalue weighted by Gasteiger charge is 2.20. The molecule has 110 valence electrons. The maximum atomic E-state index is 11.0. The molecular weight excluding hydrogens is 260 g/mol. The molecule has 8 nitrogen and oxygen atoms in total. The van der Waals surface area contributed by atoms with Crippen LogP contribution < -0.4 is 0 Å². The average molecular weight is 278 g/mol. The second kappa shape index (κ2) is 8.44. The summed E-state index contributed by atoms with van der Waals surface area (Å²) in [4.78, 5) is 32.8. The second-order valence-electron chi connectivity index (χ2n) is 3.84. The SMILES string of the molecule is CC(=O)OC(COC(=O)C(C)O)COC(=O)C(C)O. The van der Waals surface area contributed by atoms with Crippen molar-refractivity contribution in [2.45, 2.75) is 39.1 Å². The van der Waals surface area contributed by atoms with Crippen molar-refractivity contribution in [3.63, 3.8) is 0 Å². The van der Waals surface area contributed by atoms with Crippen LogP contribution in [0.5, 0.6) is 0 Å². The Kier molecular flexibility index (Phi) is 7.69. The fraction of sp³-hybridized carbons (Fsp3) is 0.727. The number of aliphatic hydroxyl groups excluding tert-OH is 2. The summed E-state index contributed by atoms with van der Waals surface area (Å²) in [5, 5.41) is 17.8. The van der Waals surface area contributed by atoms with Crippen LogP contribution >= 0.6 is 0 Å². The molecule has 0 bridgehead atoms. The summed E-state index contributed by atoms with van der Waals surface area (Å²) in [6, 6.07) is 0. The zero-order chi connectivity index (χ0) is 15.0. The molecule has 0 aliphatic carbocycles. The van der Waals surface area contributed by atoms with Crippen LogP contribution in [-0.4, -0.2) is 59.6 Å². The molecule has 0 aliphatic heterocycles. The third-order valence-electron chi connectivity index (χ3n) is 1.84. The van der Waals surface area contributed by atoms with Crippen LogP contribution in [-0.2, 0) is 28.6 Å². The molecule has 0 aromatic carbocycles. The minimum Gasteiger partial charge on any atom is -0.460 e. The molecule has 0 aromatic heterocycles. The first kappa shape index (κ1) is 17.3. The van der Waals surface area contributed by atoms with Crippen molar-refractivity contribution < 1.29 is 38.8 Å². The summed E-state index contributed by atoms with van der Waals surface area (Å²) in [7, 11) is 0. The van der Waals surface area contributed by atoms with Crippen LogP contribution in [0.25, 0.3) is 0 Å². The van der Waals surface area contributed by atoms with Gasteiger partial charge in [0.15, 0.2) is 6.10 Å². The lowest BCUT2D eigenvalue weighted by molar-refractivity contribution is -0.170. The van der Waals surface area contributed by atoms with Gasteiger partial charge in [-0.25, -0.2) is 9.59 Å². The van der Waals surface area contributed by atoms with Gasteiger partial charge in [0.2, 0.25) is 0 Å². The Hall–Kier alpha value is -1.67. The van der Waals surface area contributed by atoms with E-state index in [-0.39, 0.29) is 13.2 Å². The highest BCUT2D eigenvalue weighted by Crippen LogP contribution is 2.00. The molecule has 0 radical (unpaired) electrons. The lowest BCUT2D eigenvalue weighted by Crippen LogP contribution is -2.33. The van der Waals surface area contributed by atoms with Crippen LogP contribution in [0.1, 0.15) is 20.8 Å². The van der Waals surface area contributed by atoms with Gasteiger partial charge in [0.05, 0.1) is 0 Å². The molecule has 2 atom stereocenters. The molecule has 0 spiro atoms. The van der Waals surface area contributed by atoms with E-state index in [0.717, 1.165) is 6.92 Å². The van der Waals surface area contributed by atoms with Gasteiger partial charge in [-0.15, -0.1) is 0 Å². The van der Waals surface area contributed by atoms with Crippen molar-refractivity contribution in [2.24, 2.45) is 0 Å². The molecule has 2 N–H and O–H groups in total. The third kappa shape index (κ3) is 8.11. The number of carbonyl (C=O) groups is 3. The van der Waals surface area contributed by atoms with E-state index in [1.165, 1.54) is 13.8 Å². The molecule has 0 fully saturated rings. The minimum absolute atomic E-state index is 0.365. The summed E-state index contributed by atoms with van der Waals surface area (Å²) < 4.78 is 14.0. The molecule has 19 heavy (non-hydrogen) atoms. The molecule has 0 aliphatic rings. The number of hydrogen-bond donors (Lipinski definition) is 2. The monoisotopic (exact) mass is 278 g/mol. The molecule has 0 amide bonds. The third-order valence-corrected chi connectivity index (χ3v) is 1.84. The minimum atomic E-state index is -1.31. The Balaban J connectivity index is 4.27. The molecule has 0 heterocycles. The molecule has 2 unspecified atom stereocenters. The van der Waals surface area contributed by atoms with E-state index in [2.05, 4.69) is 9.47 Å². The van der Waals surface area contributed by atoms with Crippen molar-refractivity contribution in [3.8, 4) is 0 Å². The van der Waals surface area contributed by atoms with Crippen LogP contribution in [0.2, 0.25) is 0 Å². The summed E-state index contributed by atoms with van der Waals surface area (Å²) in [5.74, 6) is -2.43. The molecule has 0 rings (SSSR count). The van der Waals surface area contributed by atoms with Crippen LogP contribution in [0, 0.1) is 0 Å². The largest absolute Gasteiger partial charge is 0.460 e. The quantitative estimate of drug-likeness (QED) is 0.438. The van der Waals surface area contributed by atoms with E-state index in [0.29, 0.717) is 0 Å². The highest BCUT2D eigenvalue weighted by molar-refractivity contribution is 5.74. The van der Waals surface area contributed by atoms with Gasteiger partial charge in [-0.3, -0.25) is 4.79 Å². The first-order valence-corrected chi connectivity index (χ1v) is 5.60. The number of carbonyl (C=O) groups excluding carboxylic acids is 3. The number of rotatable bonds is 7. The summed E-state index contributed by atoms with van der Waals surface area (Å²) >= 11 is 0. The fourth-order valence-corrected chi connectivity index (χ4v) is 0.942. The number of ether oxygens (including phenoxy) is 3. The number of aliphatic hydroxyl groups is 2. The summed E-state index contributed by atoms with van der Waals surface area (Å²) in [6.45, 7) is 2.85. The molecular formula is C11H18O8. The summed E-state index contributed by atoms with van der Waals surface area (Å²) in [6.07, 6.45) is -3.61. The van der Waals surface area contributed by atoms with E-state index in [1.807, 2.05) is 0 Å². The van der Waals surface area contributed by atoms with Crippen LogP contribution in [0.4, 0.5) is 0 Å². The van der Waals surface area contributed by atoms with E-state index < -0.39 is 36.2 Å². The predicted molar refractivity (Wildman–Crippen MR) is 60.8 cm³/mol. The van der Waals surface area contributed by atoms with Crippen molar-refractivity contribution in [2.75, 3.05) is 13.2 Å². The standard InChI is InChI=1S/C11H18O8/c1-6(12)10(15)17-4-9(19-8(3)14)5-18-11(16)7(2)13/h6-7,9,12-13H,4-5H2,1-3H3. The van der Waals surface area contributed by atoms with Gasteiger partial charge in [-0.1, -0.05) is 0 Å². The molecule has 0 saturated heterocycles. The van der Waals surface area contributed by atoms with E-state index in [4.69, 9.17) is 14.9 Å². The molecule has 0 saturated carbocycles. The van der Waals surface area contributed by atoms with Gasteiger partial charge in [-0.2, -0.15) is 0 Å². The average Bonchev–Trinajstić information content (AvgIpc) is 2.30. The lowest BCUT2D eigenvalue weighted by Gasteiger charge is -2.18. The van der Waals surface area contributed by atoms with Crippen LogP contribution in [0.15, 0.2) is 0 Å². The van der Waals surface area contributed by atoms with Gasteiger partial charge in [-0.05, 0) is 13.8 Å². The Bertz CT molecular complexity index is 299. The predicted octanol–water partition coefficient (Wildman–Crippen LogP) is -1.23. The lowest BCUT2D eigenvalue weighted by atomic mass is 10.3. The van der Waals surface area contributed by atoms with Gasteiger partial charge < -0.3 is 24.4 Å². The Morgan fingerprint density at radius 3 is 1.58 bits per heavy atom. The first-order valence-electron chi connectivity index (χ1n) is 5.60. The first-order chi connectivity index (χ1) is 8.73. The zero-order valence-electron chi connectivity index (χ0n) is 11.0. The van der Waals surface area contributed by atoms with Crippen molar-refractivity contribution in [3.05, 3.63) is 0 Å².